The van der Waals surface area contributed by atoms with Crippen LogP contribution in [-0.2, 0) is 16.4 Å². The van der Waals surface area contributed by atoms with E-state index in [1.807, 2.05) is 20.8 Å². The molecule has 8 heteroatoms. The van der Waals surface area contributed by atoms with Gasteiger partial charge in [0.05, 0.1) is 4.90 Å². The lowest BCUT2D eigenvalue weighted by Gasteiger charge is -2.20. The molecule has 2 rings (SSSR count). The Morgan fingerprint density at radius 1 is 1.15 bits per heavy atom. The lowest BCUT2D eigenvalue weighted by Crippen LogP contribution is -2.40. The van der Waals surface area contributed by atoms with E-state index in [1.54, 1.807) is 30.5 Å². The predicted octanol–water partition coefficient (Wildman–Crippen LogP) is 1.91. The number of benzene rings is 1. The van der Waals surface area contributed by atoms with Gasteiger partial charge in [-0.25, -0.2) is 13.6 Å². The van der Waals surface area contributed by atoms with Crippen molar-refractivity contribution < 1.29 is 13.2 Å². The lowest BCUT2D eigenvalue weighted by molar-refractivity contribution is 0.0914. The molecular formula is C18H24N4O3S. The highest BCUT2D eigenvalue weighted by Crippen LogP contribution is 2.12. The van der Waals surface area contributed by atoms with Gasteiger partial charge in [-0.2, -0.15) is 0 Å². The average molecular weight is 376 g/mol. The zero-order valence-electron chi connectivity index (χ0n) is 15.1. The molecular weight excluding hydrogens is 352 g/mol. The van der Waals surface area contributed by atoms with Crippen LogP contribution in [0, 0.1) is 0 Å². The number of carbonyl (C=O) groups is 1. The predicted molar refractivity (Wildman–Crippen MR) is 101 cm³/mol. The Morgan fingerprint density at radius 3 is 2.38 bits per heavy atom. The van der Waals surface area contributed by atoms with Crippen molar-refractivity contribution in [2.75, 3.05) is 11.9 Å². The number of rotatable bonds is 6. The van der Waals surface area contributed by atoms with Gasteiger partial charge < -0.3 is 10.6 Å². The Hall–Kier alpha value is -2.45. The fourth-order valence-corrected chi connectivity index (χ4v) is 2.78. The van der Waals surface area contributed by atoms with Crippen LogP contribution in [0.1, 0.15) is 36.8 Å². The second kappa shape index (κ2) is 7.84. The van der Waals surface area contributed by atoms with Gasteiger partial charge in [0, 0.05) is 24.0 Å². The molecule has 1 heterocycles. The van der Waals surface area contributed by atoms with Crippen LogP contribution in [-0.4, -0.2) is 31.4 Å². The van der Waals surface area contributed by atoms with E-state index in [4.69, 9.17) is 5.14 Å². The number of amides is 1. The van der Waals surface area contributed by atoms with Gasteiger partial charge in [-0.1, -0.05) is 12.1 Å². The molecule has 26 heavy (non-hydrogen) atoms. The molecule has 0 aliphatic heterocycles. The summed E-state index contributed by atoms with van der Waals surface area (Å²) in [5, 5.41) is 11.2. The Balaban J connectivity index is 1.94. The summed E-state index contributed by atoms with van der Waals surface area (Å²) in [5.41, 5.74) is 1.79. The molecule has 0 fully saturated rings. The number of pyridine rings is 1. The molecule has 0 bridgehead atoms. The number of carbonyl (C=O) groups excluding carboxylic acids is 1. The second-order valence-electron chi connectivity index (χ2n) is 7.00. The minimum atomic E-state index is -3.67. The molecule has 0 spiro atoms. The number of nitrogens with two attached hydrogens (primary N) is 1. The minimum Gasteiger partial charge on any atom is -0.385 e. The number of hydrogen-bond acceptors (Lipinski definition) is 5. The first kappa shape index (κ1) is 19.9. The smallest absolute Gasteiger partial charge is 0.270 e. The van der Waals surface area contributed by atoms with E-state index in [1.165, 1.54) is 12.1 Å². The van der Waals surface area contributed by atoms with Crippen LogP contribution in [0.4, 0.5) is 5.69 Å². The summed E-state index contributed by atoms with van der Waals surface area (Å²) >= 11 is 0. The van der Waals surface area contributed by atoms with Crippen LogP contribution in [0.5, 0.6) is 0 Å². The summed E-state index contributed by atoms with van der Waals surface area (Å²) in [4.78, 5) is 16.4. The van der Waals surface area contributed by atoms with Gasteiger partial charge in [0.1, 0.15) is 5.69 Å². The lowest BCUT2D eigenvalue weighted by atomic mass is 10.1. The van der Waals surface area contributed by atoms with Crippen molar-refractivity contribution in [1.82, 2.24) is 10.3 Å². The molecule has 7 nitrogen and oxygen atoms in total. The first-order valence-electron chi connectivity index (χ1n) is 8.19. The van der Waals surface area contributed by atoms with Crippen molar-refractivity contribution in [3.05, 3.63) is 53.9 Å². The minimum absolute atomic E-state index is 0.0952. The first-order chi connectivity index (χ1) is 12.0. The standard InChI is InChI=1S/C18H24N4O3S/c1-18(2,3)22-17(23)16-12-14(9-11-21-16)20-10-8-13-4-6-15(7-5-13)26(19,24)25/h4-7,9,11-12H,8,10H2,1-3H3,(H,20,21)(H,22,23)(H2,19,24,25). The van der Waals surface area contributed by atoms with E-state index in [0.29, 0.717) is 18.7 Å². The molecule has 0 atom stereocenters. The number of aromatic nitrogens is 1. The SMILES string of the molecule is CC(C)(C)NC(=O)c1cc(NCCc2ccc(S(N)(=O)=O)cc2)ccn1. The van der Waals surface area contributed by atoms with Crippen molar-refractivity contribution in [3.63, 3.8) is 0 Å². The maximum atomic E-state index is 12.2. The molecule has 0 aliphatic carbocycles. The van der Waals surface area contributed by atoms with Crippen molar-refractivity contribution >= 4 is 21.6 Å². The van der Waals surface area contributed by atoms with Crippen molar-refractivity contribution in [2.24, 2.45) is 5.14 Å². The van der Waals surface area contributed by atoms with Crippen LogP contribution in [0.3, 0.4) is 0 Å². The Bertz CT molecular complexity index is 872. The third-order valence-electron chi connectivity index (χ3n) is 3.48. The Morgan fingerprint density at radius 2 is 1.81 bits per heavy atom. The van der Waals surface area contributed by atoms with Gasteiger partial charge in [-0.05, 0) is 57.0 Å². The summed E-state index contributed by atoms with van der Waals surface area (Å²) in [7, 11) is -3.67. The van der Waals surface area contributed by atoms with Crippen LogP contribution >= 0.6 is 0 Å². The molecule has 0 aliphatic rings. The third kappa shape index (κ3) is 6.12. The third-order valence-corrected chi connectivity index (χ3v) is 4.41. The van der Waals surface area contributed by atoms with Crippen LogP contribution in [0.2, 0.25) is 0 Å². The van der Waals surface area contributed by atoms with E-state index in [9.17, 15) is 13.2 Å². The van der Waals surface area contributed by atoms with E-state index in [2.05, 4.69) is 15.6 Å². The van der Waals surface area contributed by atoms with Crippen LogP contribution in [0.15, 0.2) is 47.5 Å². The quantitative estimate of drug-likeness (QED) is 0.712. The maximum Gasteiger partial charge on any atom is 0.270 e. The molecule has 0 radical (unpaired) electrons. The van der Waals surface area contributed by atoms with Crippen LogP contribution < -0.4 is 15.8 Å². The molecule has 1 amide bonds. The molecule has 0 unspecified atom stereocenters. The molecule has 0 saturated carbocycles. The molecule has 140 valence electrons. The highest BCUT2D eigenvalue weighted by atomic mass is 32.2. The number of anilines is 1. The molecule has 0 saturated heterocycles. The van der Waals surface area contributed by atoms with Gasteiger partial charge in [0.2, 0.25) is 10.0 Å². The normalized spacial score (nSPS) is 11.8. The molecule has 2 aromatic rings. The highest BCUT2D eigenvalue weighted by molar-refractivity contribution is 7.89. The van der Waals surface area contributed by atoms with E-state index >= 15 is 0 Å². The van der Waals surface area contributed by atoms with Gasteiger partial charge in [0.15, 0.2) is 0 Å². The maximum absolute atomic E-state index is 12.2. The number of hydrogen-bond donors (Lipinski definition) is 3. The van der Waals surface area contributed by atoms with E-state index in [0.717, 1.165) is 11.3 Å². The first-order valence-corrected chi connectivity index (χ1v) is 9.73. The zero-order valence-corrected chi connectivity index (χ0v) is 15.9. The number of primary sulfonamides is 1. The molecule has 1 aromatic heterocycles. The largest absolute Gasteiger partial charge is 0.385 e. The highest BCUT2D eigenvalue weighted by Gasteiger charge is 2.16. The Kier molecular flexibility index (Phi) is 5.99. The second-order valence-corrected chi connectivity index (χ2v) is 8.56. The topological polar surface area (TPSA) is 114 Å². The fourth-order valence-electron chi connectivity index (χ4n) is 2.27. The fraction of sp³-hybridized carbons (Fsp3) is 0.333. The van der Waals surface area contributed by atoms with Gasteiger partial charge in [-0.15, -0.1) is 0 Å². The van der Waals surface area contributed by atoms with Crippen molar-refractivity contribution in [3.8, 4) is 0 Å². The Labute approximate surface area is 154 Å². The van der Waals surface area contributed by atoms with Gasteiger partial charge in [-0.3, -0.25) is 9.78 Å². The molecule has 4 N–H and O–H groups in total. The summed E-state index contributed by atoms with van der Waals surface area (Å²) in [6, 6.07) is 9.94. The number of nitrogens with zero attached hydrogens (tertiary/aromatic N) is 1. The molecule has 1 aromatic carbocycles. The van der Waals surface area contributed by atoms with Crippen molar-refractivity contribution in [1.29, 1.82) is 0 Å². The summed E-state index contributed by atoms with van der Waals surface area (Å²) in [6.45, 7) is 6.36. The number of sulfonamides is 1. The monoisotopic (exact) mass is 376 g/mol. The summed E-state index contributed by atoms with van der Waals surface area (Å²) < 4.78 is 22.5. The summed E-state index contributed by atoms with van der Waals surface area (Å²) in [6.07, 6.45) is 2.28. The van der Waals surface area contributed by atoms with E-state index in [-0.39, 0.29) is 16.3 Å². The summed E-state index contributed by atoms with van der Waals surface area (Å²) in [5.74, 6) is -0.222. The van der Waals surface area contributed by atoms with Crippen molar-refractivity contribution in [2.45, 2.75) is 37.6 Å². The van der Waals surface area contributed by atoms with E-state index < -0.39 is 10.0 Å². The number of nitrogens with one attached hydrogen (secondary N) is 2. The average Bonchev–Trinajstić information content (AvgIpc) is 2.53. The van der Waals surface area contributed by atoms with Gasteiger partial charge in [0.25, 0.3) is 5.91 Å². The van der Waals surface area contributed by atoms with Gasteiger partial charge >= 0.3 is 0 Å². The zero-order chi connectivity index (χ0) is 19.4. The van der Waals surface area contributed by atoms with Crippen LogP contribution in [0.25, 0.3) is 0 Å².